The highest BCUT2D eigenvalue weighted by atomic mass is 35.7. The third-order valence-corrected chi connectivity index (χ3v) is 2.81. The van der Waals surface area contributed by atoms with Gasteiger partial charge in [0.15, 0.2) is 0 Å². The van der Waals surface area contributed by atoms with Crippen LogP contribution in [-0.4, -0.2) is 11.8 Å². The molecule has 1 aromatic rings. The van der Waals surface area contributed by atoms with E-state index in [1.165, 1.54) is 0 Å². The van der Waals surface area contributed by atoms with Crippen LogP contribution in [0.25, 0.3) is 0 Å². The Hall–Kier alpha value is -1.00. The lowest BCUT2D eigenvalue weighted by Crippen LogP contribution is -2.20. The van der Waals surface area contributed by atoms with Crippen LogP contribution < -0.4 is 5.32 Å². The van der Waals surface area contributed by atoms with Gasteiger partial charge in [-0.05, 0) is 33.8 Å². The lowest BCUT2D eigenvalue weighted by Gasteiger charge is -1.98. The maximum absolute atomic E-state index is 11.3. The van der Waals surface area contributed by atoms with Crippen LogP contribution in [0.2, 0.25) is 0 Å². The van der Waals surface area contributed by atoms with Crippen molar-refractivity contribution in [2.75, 3.05) is 0 Å². The van der Waals surface area contributed by atoms with Gasteiger partial charge in [0.05, 0.1) is 11.1 Å². The second-order valence-electron chi connectivity index (χ2n) is 2.54. The monoisotopic (exact) mass is 213 g/mol. The van der Waals surface area contributed by atoms with Crippen molar-refractivity contribution < 1.29 is 9.59 Å². The predicted molar refractivity (Wildman–Crippen MR) is 49.9 cm³/mol. The van der Waals surface area contributed by atoms with E-state index in [0.29, 0.717) is 16.0 Å². The van der Waals surface area contributed by atoms with Crippen LogP contribution in [0.4, 0.5) is 0 Å². The molecule has 0 bridgehead atoms. The van der Waals surface area contributed by atoms with Crippen molar-refractivity contribution in [1.29, 1.82) is 0 Å². The molecule has 0 aliphatic carbocycles. The Morgan fingerprint density at radius 2 is 2.00 bits per heavy atom. The molecular formula is C8H4ClNO2S. The molecule has 1 aliphatic rings. The number of nitrogens with one attached hydrogen (secondary N) is 1. The van der Waals surface area contributed by atoms with Gasteiger partial charge in [0.2, 0.25) is 0 Å². The minimum atomic E-state index is -0.372. The van der Waals surface area contributed by atoms with E-state index in [2.05, 4.69) is 5.32 Å². The number of hydrogen-bond acceptors (Lipinski definition) is 3. The SMILES string of the molecule is O=C1NC(=O)c2c(SCl)cccc21. The Kier molecular flexibility index (Phi) is 2.01. The van der Waals surface area contributed by atoms with Gasteiger partial charge in [0, 0.05) is 4.90 Å². The molecule has 0 spiro atoms. The van der Waals surface area contributed by atoms with E-state index in [1.54, 1.807) is 18.2 Å². The summed E-state index contributed by atoms with van der Waals surface area (Å²) < 4.78 is 0. The van der Waals surface area contributed by atoms with E-state index in [-0.39, 0.29) is 11.8 Å². The topological polar surface area (TPSA) is 46.2 Å². The highest BCUT2D eigenvalue weighted by Gasteiger charge is 2.28. The van der Waals surface area contributed by atoms with Gasteiger partial charge in [-0.15, -0.1) is 0 Å². The summed E-state index contributed by atoms with van der Waals surface area (Å²) in [5.41, 5.74) is 0.781. The Labute approximate surface area is 83.0 Å². The lowest BCUT2D eigenvalue weighted by atomic mass is 10.1. The largest absolute Gasteiger partial charge is 0.288 e. The number of amides is 2. The van der Waals surface area contributed by atoms with Crippen molar-refractivity contribution in [2.24, 2.45) is 0 Å². The third-order valence-electron chi connectivity index (χ3n) is 1.81. The molecule has 0 saturated heterocycles. The average molecular weight is 214 g/mol. The number of hydrogen-bond donors (Lipinski definition) is 1. The second-order valence-corrected chi connectivity index (χ2v) is 3.60. The fourth-order valence-electron chi connectivity index (χ4n) is 1.25. The van der Waals surface area contributed by atoms with E-state index >= 15 is 0 Å². The molecular weight excluding hydrogens is 210 g/mol. The third kappa shape index (κ3) is 1.22. The zero-order valence-electron chi connectivity index (χ0n) is 6.33. The Morgan fingerprint density at radius 1 is 1.23 bits per heavy atom. The number of benzene rings is 1. The van der Waals surface area contributed by atoms with Crippen LogP contribution >= 0.6 is 21.7 Å². The molecule has 0 atom stereocenters. The summed E-state index contributed by atoms with van der Waals surface area (Å²) in [7, 11) is 6.49. The molecule has 1 heterocycles. The molecule has 3 nitrogen and oxygen atoms in total. The van der Waals surface area contributed by atoms with Crippen LogP contribution in [-0.2, 0) is 0 Å². The number of halogens is 1. The first-order chi connectivity index (χ1) is 6.24. The number of imide groups is 1. The molecule has 5 heteroatoms. The maximum atomic E-state index is 11.3. The summed E-state index contributed by atoms with van der Waals surface area (Å²) in [6.07, 6.45) is 0. The predicted octanol–water partition coefficient (Wildman–Crippen LogP) is 1.82. The number of fused-ring (bicyclic) bond motifs is 1. The molecule has 1 aliphatic heterocycles. The standard InChI is InChI=1S/C8H4ClNO2S/c9-13-5-3-1-2-4-6(5)8(12)10-7(4)11/h1-3H,(H,10,11,12). The fraction of sp³-hybridized carbons (Fsp3) is 0. The Balaban J connectivity index is 2.69. The molecule has 66 valence electrons. The number of carbonyl (C=O) groups excluding carboxylic acids is 2. The number of carbonyl (C=O) groups is 2. The van der Waals surface area contributed by atoms with E-state index < -0.39 is 0 Å². The summed E-state index contributed by atoms with van der Waals surface area (Å²) in [5, 5.41) is 2.21. The quantitative estimate of drug-likeness (QED) is 0.724. The highest BCUT2D eigenvalue weighted by molar-refractivity contribution is 8.21. The zero-order chi connectivity index (χ0) is 9.42. The zero-order valence-corrected chi connectivity index (χ0v) is 7.91. The van der Waals surface area contributed by atoms with Crippen molar-refractivity contribution in [3.05, 3.63) is 29.3 Å². The van der Waals surface area contributed by atoms with E-state index in [9.17, 15) is 9.59 Å². The van der Waals surface area contributed by atoms with Crippen LogP contribution in [0.1, 0.15) is 20.7 Å². The molecule has 13 heavy (non-hydrogen) atoms. The highest BCUT2D eigenvalue weighted by Crippen LogP contribution is 2.30. The van der Waals surface area contributed by atoms with Gasteiger partial charge in [-0.1, -0.05) is 6.07 Å². The molecule has 0 radical (unpaired) electrons. The maximum Gasteiger partial charge on any atom is 0.260 e. The first-order valence-corrected chi connectivity index (χ1v) is 5.15. The molecule has 0 saturated carbocycles. The molecule has 2 amide bonds. The summed E-state index contributed by atoms with van der Waals surface area (Å²) in [5.74, 6) is -0.726. The van der Waals surface area contributed by atoms with Gasteiger partial charge in [0.1, 0.15) is 0 Å². The van der Waals surface area contributed by atoms with Crippen molar-refractivity contribution >= 4 is 33.5 Å². The van der Waals surface area contributed by atoms with E-state index in [0.717, 1.165) is 11.0 Å². The Morgan fingerprint density at radius 3 is 2.69 bits per heavy atom. The van der Waals surface area contributed by atoms with Crippen LogP contribution in [0.15, 0.2) is 23.1 Å². The van der Waals surface area contributed by atoms with Crippen LogP contribution in [0, 0.1) is 0 Å². The van der Waals surface area contributed by atoms with Gasteiger partial charge < -0.3 is 0 Å². The fourth-order valence-corrected chi connectivity index (χ4v) is 2.05. The van der Waals surface area contributed by atoms with Crippen molar-refractivity contribution in [3.63, 3.8) is 0 Å². The lowest BCUT2D eigenvalue weighted by molar-refractivity contribution is 0.0879. The van der Waals surface area contributed by atoms with Crippen molar-refractivity contribution in [3.8, 4) is 0 Å². The van der Waals surface area contributed by atoms with Gasteiger partial charge in [0.25, 0.3) is 11.8 Å². The van der Waals surface area contributed by atoms with Gasteiger partial charge in [-0.3, -0.25) is 14.9 Å². The molecule has 1 N–H and O–H groups in total. The van der Waals surface area contributed by atoms with Crippen LogP contribution in [0.3, 0.4) is 0 Å². The van der Waals surface area contributed by atoms with Crippen molar-refractivity contribution in [1.82, 2.24) is 5.32 Å². The molecule has 2 rings (SSSR count). The van der Waals surface area contributed by atoms with Crippen molar-refractivity contribution in [2.45, 2.75) is 4.90 Å². The first-order valence-electron chi connectivity index (χ1n) is 3.51. The average Bonchev–Trinajstić information content (AvgIpc) is 2.43. The summed E-state index contributed by atoms with van der Waals surface area (Å²) in [4.78, 5) is 23.0. The molecule has 0 unspecified atom stereocenters. The second kappa shape index (κ2) is 3.05. The molecule has 1 aromatic carbocycles. The van der Waals surface area contributed by atoms with Gasteiger partial charge >= 0.3 is 0 Å². The number of rotatable bonds is 1. The normalized spacial score (nSPS) is 14.2. The van der Waals surface area contributed by atoms with Gasteiger partial charge in [-0.25, -0.2) is 0 Å². The van der Waals surface area contributed by atoms with Crippen LogP contribution in [0.5, 0.6) is 0 Å². The Bertz CT molecular complexity index is 405. The van der Waals surface area contributed by atoms with Gasteiger partial charge in [-0.2, -0.15) is 0 Å². The molecule has 0 fully saturated rings. The minimum absolute atomic E-state index is 0.354. The minimum Gasteiger partial charge on any atom is -0.288 e. The first kappa shape index (κ1) is 8.59. The van der Waals surface area contributed by atoms with E-state index in [4.69, 9.17) is 10.7 Å². The summed E-state index contributed by atoms with van der Waals surface area (Å²) in [6.45, 7) is 0. The summed E-state index contributed by atoms with van der Waals surface area (Å²) in [6, 6.07) is 5.00. The van der Waals surface area contributed by atoms with E-state index in [1.807, 2.05) is 0 Å². The smallest absolute Gasteiger partial charge is 0.260 e. The molecule has 0 aromatic heterocycles. The summed E-state index contributed by atoms with van der Waals surface area (Å²) >= 11 is 0.